The molecule has 2 amide bonds. The zero-order chi connectivity index (χ0) is 19.6. The summed E-state index contributed by atoms with van der Waals surface area (Å²) in [4.78, 5) is 24.3. The van der Waals surface area contributed by atoms with Gasteiger partial charge in [-0.15, -0.1) is 6.42 Å². The summed E-state index contributed by atoms with van der Waals surface area (Å²) >= 11 is 0. The van der Waals surface area contributed by atoms with E-state index in [4.69, 9.17) is 6.42 Å². The highest BCUT2D eigenvalue weighted by atomic mass is 16.2. The van der Waals surface area contributed by atoms with Gasteiger partial charge in [0.15, 0.2) is 0 Å². The van der Waals surface area contributed by atoms with Crippen LogP contribution < -0.4 is 10.6 Å². The number of rotatable bonds is 8. The van der Waals surface area contributed by atoms with E-state index < -0.39 is 0 Å². The summed E-state index contributed by atoms with van der Waals surface area (Å²) in [5, 5.41) is 5.73. The quantitative estimate of drug-likeness (QED) is 0.548. The van der Waals surface area contributed by atoms with Gasteiger partial charge in [0, 0.05) is 17.5 Å². The van der Waals surface area contributed by atoms with Gasteiger partial charge in [-0.25, -0.2) is 0 Å². The molecular formula is C23H26N2O2. The first-order valence-corrected chi connectivity index (χ1v) is 9.34. The highest BCUT2D eigenvalue weighted by Gasteiger charge is 2.14. The Morgan fingerprint density at radius 3 is 2.07 bits per heavy atom. The molecule has 0 heterocycles. The van der Waals surface area contributed by atoms with Crippen molar-refractivity contribution in [2.45, 2.75) is 45.7 Å². The maximum absolute atomic E-state index is 12.5. The molecule has 4 nitrogen and oxygen atoms in total. The number of hydrogen-bond acceptors (Lipinski definition) is 2. The number of hydrogen-bond donors (Lipinski definition) is 2. The molecule has 27 heavy (non-hydrogen) atoms. The molecule has 2 aromatic rings. The van der Waals surface area contributed by atoms with Crippen molar-refractivity contribution in [2.75, 3.05) is 0 Å². The highest BCUT2D eigenvalue weighted by Crippen LogP contribution is 2.20. The third-order valence-corrected chi connectivity index (χ3v) is 4.34. The minimum absolute atomic E-state index is 0.0326. The van der Waals surface area contributed by atoms with Gasteiger partial charge in [-0.3, -0.25) is 9.59 Å². The van der Waals surface area contributed by atoms with Crippen LogP contribution in [-0.2, 0) is 4.79 Å². The van der Waals surface area contributed by atoms with Crippen molar-refractivity contribution in [3.8, 4) is 23.5 Å². The molecule has 0 aromatic heterocycles. The third kappa shape index (κ3) is 6.00. The van der Waals surface area contributed by atoms with Gasteiger partial charge < -0.3 is 10.6 Å². The SMILES string of the molecule is C#Cc1ccc(-c2ccc(C(=O)NC(CC)NC(=O)CCCC)cc2)cc1. The first-order valence-electron chi connectivity index (χ1n) is 9.34. The second-order valence-electron chi connectivity index (χ2n) is 6.40. The summed E-state index contributed by atoms with van der Waals surface area (Å²) < 4.78 is 0. The second-order valence-corrected chi connectivity index (χ2v) is 6.40. The molecule has 0 radical (unpaired) electrons. The first-order chi connectivity index (χ1) is 13.1. The highest BCUT2D eigenvalue weighted by molar-refractivity contribution is 5.95. The second kappa shape index (κ2) is 10.2. The Morgan fingerprint density at radius 2 is 1.56 bits per heavy atom. The number of carbonyl (C=O) groups is 2. The minimum Gasteiger partial charge on any atom is -0.336 e. The summed E-state index contributed by atoms with van der Waals surface area (Å²) in [6, 6.07) is 15.1. The lowest BCUT2D eigenvalue weighted by Gasteiger charge is -2.19. The number of benzene rings is 2. The number of amides is 2. The van der Waals surface area contributed by atoms with Gasteiger partial charge in [-0.05, 0) is 48.2 Å². The Kier molecular flexibility index (Phi) is 7.63. The number of carbonyl (C=O) groups excluding carboxylic acids is 2. The predicted octanol–water partition coefficient (Wildman–Crippen LogP) is 4.11. The van der Waals surface area contributed by atoms with Gasteiger partial charge in [-0.2, -0.15) is 0 Å². The lowest BCUT2D eigenvalue weighted by atomic mass is 10.0. The summed E-state index contributed by atoms with van der Waals surface area (Å²) in [6.07, 6.45) is 7.94. The number of terminal acetylenes is 1. The van der Waals surface area contributed by atoms with Crippen LogP contribution >= 0.6 is 0 Å². The first kappa shape index (κ1) is 20.3. The molecule has 140 valence electrons. The predicted molar refractivity (Wildman–Crippen MR) is 109 cm³/mol. The van der Waals surface area contributed by atoms with Crippen LogP contribution in [0.3, 0.4) is 0 Å². The van der Waals surface area contributed by atoms with Crippen molar-refractivity contribution in [1.29, 1.82) is 0 Å². The van der Waals surface area contributed by atoms with Crippen molar-refractivity contribution in [3.63, 3.8) is 0 Å². The third-order valence-electron chi connectivity index (χ3n) is 4.34. The molecule has 0 aliphatic rings. The molecule has 0 spiro atoms. The lowest BCUT2D eigenvalue weighted by Crippen LogP contribution is -2.47. The average molecular weight is 362 g/mol. The van der Waals surface area contributed by atoms with Gasteiger partial charge in [0.25, 0.3) is 5.91 Å². The standard InChI is InChI=1S/C23H26N2O2/c1-4-7-8-22(26)24-21(6-3)25-23(27)20-15-13-19(14-16-20)18-11-9-17(5-2)10-12-18/h2,9-16,21H,4,6-8H2,1,3H3,(H,24,26)(H,25,27). The molecule has 1 atom stereocenters. The van der Waals surface area contributed by atoms with Gasteiger partial charge in [0.2, 0.25) is 5.91 Å². The summed E-state index contributed by atoms with van der Waals surface area (Å²) in [7, 11) is 0. The van der Waals surface area contributed by atoms with E-state index in [1.165, 1.54) is 0 Å². The fourth-order valence-corrected chi connectivity index (χ4v) is 2.66. The number of unbranched alkanes of at least 4 members (excludes halogenated alkanes) is 1. The molecule has 2 aromatic carbocycles. The molecule has 0 saturated carbocycles. The van der Waals surface area contributed by atoms with Crippen LogP contribution in [0.1, 0.15) is 55.5 Å². The Hall–Kier alpha value is -3.06. The van der Waals surface area contributed by atoms with E-state index >= 15 is 0 Å². The van der Waals surface area contributed by atoms with Crippen LogP contribution in [0.2, 0.25) is 0 Å². The molecule has 0 fully saturated rings. The van der Waals surface area contributed by atoms with E-state index in [2.05, 4.69) is 16.6 Å². The molecule has 0 saturated heterocycles. The fourth-order valence-electron chi connectivity index (χ4n) is 2.66. The van der Waals surface area contributed by atoms with Crippen molar-refractivity contribution in [3.05, 3.63) is 59.7 Å². The fraction of sp³-hybridized carbons (Fsp3) is 0.304. The number of nitrogens with one attached hydrogen (secondary N) is 2. The molecule has 2 rings (SSSR count). The van der Waals surface area contributed by atoms with Crippen LogP contribution in [0.15, 0.2) is 48.5 Å². The van der Waals surface area contributed by atoms with Gasteiger partial charge >= 0.3 is 0 Å². The van der Waals surface area contributed by atoms with E-state index in [0.717, 1.165) is 29.5 Å². The molecule has 0 aliphatic heterocycles. The summed E-state index contributed by atoms with van der Waals surface area (Å²) in [5.74, 6) is 2.36. The van der Waals surface area contributed by atoms with Crippen molar-refractivity contribution >= 4 is 11.8 Å². The van der Waals surface area contributed by atoms with E-state index in [1.807, 2.05) is 50.2 Å². The molecule has 2 N–H and O–H groups in total. The summed E-state index contributed by atoms with van der Waals surface area (Å²) in [6.45, 7) is 3.97. The Labute approximate surface area is 161 Å². The van der Waals surface area contributed by atoms with Crippen LogP contribution in [0.5, 0.6) is 0 Å². The van der Waals surface area contributed by atoms with E-state index in [-0.39, 0.29) is 18.0 Å². The monoisotopic (exact) mass is 362 g/mol. The molecule has 0 bridgehead atoms. The minimum atomic E-state index is -0.363. The molecule has 0 aliphatic carbocycles. The van der Waals surface area contributed by atoms with Crippen LogP contribution in [0.25, 0.3) is 11.1 Å². The zero-order valence-electron chi connectivity index (χ0n) is 15.9. The smallest absolute Gasteiger partial charge is 0.252 e. The summed E-state index contributed by atoms with van der Waals surface area (Å²) in [5.41, 5.74) is 3.44. The molecular weight excluding hydrogens is 336 g/mol. The van der Waals surface area contributed by atoms with Crippen molar-refractivity contribution in [2.24, 2.45) is 0 Å². The van der Waals surface area contributed by atoms with Crippen LogP contribution in [0, 0.1) is 12.3 Å². The Bertz CT molecular complexity index is 802. The molecule has 4 heteroatoms. The van der Waals surface area contributed by atoms with Crippen LogP contribution in [0.4, 0.5) is 0 Å². The van der Waals surface area contributed by atoms with E-state index in [0.29, 0.717) is 18.4 Å². The van der Waals surface area contributed by atoms with Crippen LogP contribution in [-0.4, -0.2) is 18.0 Å². The Morgan fingerprint density at radius 1 is 0.963 bits per heavy atom. The maximum Gasteiger partial charge on any atom is 0.252 e. The van der Waals surface area contributed by atoms with E-state index in [1.54, 1.807) is 12.1 Å². The van der Waals surface area contributed by atoms with E-state index in [9.17, 15) is 9.59 Å². The van der Waals surface area contributed by atoms with Gasteiger partial charge in [0.05, 0.1) is 0 Å². The van der Waals surface area contributed by atoms with Gasteiger partial charge in [0.1, 0.15) is 6.17 Å². The average Bonchev–Trinajstić information content (AvgIpc) is 2.71. The largest absolute Gasteiger partial charge is 0.336 e. The topological polar surface area (TPSA) is 58.2 Å². The van der Waals surface area contributed by atoms with Gasteiger partial charge in [-0.1, -0.05) is 50.5 Å². The Balaban J connectivity index is 1.99. The maximum atomic E-state index is 12.5. The van der Waals surface area contributed by atoms with Crippen molar-refractivity contribution in [1.82, 2.24) is 10.6 Å². The molecule has 1 unspecified atom stereocenters. The zero-order valence-corrected chi connectivity index (χ0v) is 15.9. The normalized spacial score (nSPS) is 11.3. The lowest BCUT2D eigenvalue weighted by molar-refractivity contribution is -0.122. The van der Waals surface area contributed by atoms with Crippen molar-refractivity contribution < 1.29 is 9.59 Å².